The predicted molar refractivity (Wildman–Crippen MR) is 265 cm³/mol. The number of ether oxygens (including phenoxy) is 2. The molecule has 0 saturated heterocycles. The van der Waals surface area contributed by atoms with Crippen LogP contribution in [0.5, 0.6) is 0 Å². The smallest absolute Gasteiger partial charge is 0.462 e. The maximum absolute atomic E-state index is 12.6. The molecule has 0 aromatic carbocycles. The highest BCUT2D eigenvalue weighted by Gasteiger charge is 2.26. The standard InChI is InChI=1S/C53H88NO8P/c1-3-5-7-9-11-13-15-17-19-21-23-24-25-26-28-30-32-34-36-38-40-42-44-46-53(56)62-51(50-61-63(57,58)60-48-47-54)49-59-52(55)45-43-41-39-37-35-33-31-29-27-22-20-18-16-14-12-10-8-6-4-2/h5-8,11-14,17-20,23-24,26-29,51H,3-4,9-10,15-16,21-22,25,30-50,54H2,1-2H3,(H,57,58)/b7-5-,8-6-,13-11-,14-12-,19-17-,20-18-,24-23-,28-26-,29-27-. The lowest BCUT2D eigenvalue weighted by Crippen LogP contribution is -2.29. The minimum absolute atomic E-state index is 0.0427. The normalized spacial score (nSPS) is 14.2. The van der Waals surface area contributed by atoms with Crippen LogP contribution in [0.25, 0.3) is 0 Å². The first kappa shape index (κ1) is 59.7. The third-order valence-corrected chi connectivity index (χ3v) is 10.6. The molecule has 0 aromatic heterocycles. The fraction of sp³-hybridized carbons (Fsp3) is 0.623. The van der Waals surface area contributed by atoms with E-state index in [0.29, 0.717) is 12.8 Å². The quantitative estimate of drug-likeness (QED) is 0.0265. The van der Waals surface area contributed by atoms with Crippen molar-refractivity contribution in [3.8, 4) is 0 Å². The molecule has 0 radical (unpaired) electrons. The molecular weight excluding hydrogens is 810 g/mol. The van der Waals surface area contributed by atoms with Gasteiger partial charge in [0.2, 0.25) is 0 Å². The van der Waals surface area contributed by atoms with Crippen molar-refractivity contribution in [1.82, 2.24) is 0 Å². The zero-order valence-electron chi connectivity index (χ0n) is 39.5. The molecule has 0 aliphatic carbocycles. The number of nitrogens with two attached hydrogens (primary N) is 1. The van der Waals surface area contributed by atoms with Crippen LogP contribution in [0.4, 0.5) is 0 Å². The zero-order valence-corrected chi connectivity index (χ0v) is 40.4. The number of hydrogen-bond donors (Lipinski definition) is 2. The second kappa shape index (κ2) is 48.1. The van der Waals surface area contributed by atoms with Crippen LogP contribution < -0.4 is 5.73 Å². The van der Waals surface area contributed by atoms with E-state index in [1.54, 1.807) is 0 Å². The number of phosphoric ester groups is 1. The Morgan fingerprint density at radius 1 is 0.476 bits per heavy atom. The summed E-state index contributed by atoms with van der Waals surface area (Å²) in [5, 5.41) is 0. The van der Waals surface area contributed by atoms with Crippen LogP contribution in [0.2, 0.25) is 0 Å². The number of phosphoric acid groups is 1. The molecule has 358 valence electrons. The molecule has 0 amide bonds. The van der Waals surface area contributed by atoms with Gasteiger partial charge < -0.3 is 20.1 Å². The summed E-state index contributed by atoms with van der Waals surface area (Å²) in [6, 6.07) is 0. The van der Waals surface area contributed by atoms with Crippen LogP contribution in [0.15, 0.2) is 109 Å². The molecule has 3 N–H and O–H groups in total. The van der Waals surface area contributed by atoms with Crippen molar-refractivity contribution < 1.29 is 37.6 Å². The van der Waals surface area contributed by atoms with Crippen LogP contribution in [0.3, 0.4) is 0 Å². The summed E-state index contributed by atoms with van der Waals surface area (Å²) in [6.45, 7) is 3.46. The number of carbonyl (C=O) groups is 2. The van der Waals surface area contributed by atoms with Gasteiger partial charge in [0, 0.05) is 19.4 Å². The van der Waals surface area contributed by atoms with E-state index >= 15 is 0 Å². The van der Waals surface area contributed by atoms with Gasteiger partial charge in [-0.05, 0) is 96.3 Å². The topological polar surface area (TPSA) is 134 Å². The Bertz CT molecular complexity index is 1390. The van der Waals surface area contributed by atoms with Gasteiger partial charge >= 0.3 is 19.8 Å². The predicted octanol–water partition coefficient (Wildman–Crippen LogP) is 14.7. The molecule has 10 heteroatoms. The van der Waals surface area contributed by atoms with Crippen molar-refractivity contribution in [2.75, 3.05) is 26.4 Å². The number of hydrogen-bond acceptors (Lipinski definition) is 8. The van der Waals surface area contributed by atoms with Crippen molar-refractivity contribution in [2.24, 2.45) is 5.73 Å². The molecule has 0 heterocycles. The van der Waals surface area contributed by atoms with E-state index in [-0.39, 0.29) is 32.6 Å². The second-order valence-corrected chi connectivity index (χ2v) is 17.0. The van der Waals surface area contributed by atoms with Gasteiger partial charge in [-0.2, -0.15) is 0 Å². The minimum atomic E-state index is -4.40. The summed E-state index contributed by atoms with van der Waals surface area (Å²) in [5.41, 5.74) is 5.36. The van der Waals surface area contributed by atoms with Crippen LogP contribution in [0, 0.1) is 0 Å². The lowest BCUT2D eigenvalue weighted by atomic mass is 10.1. The third kappa shape index (κ3) is 48.0. The molecule has 0 aromatic rings. The van der Waals surface area contributed by atoms with Gasteiger partial charge in [0.15, 0.2) is 6.10 Å². The monoisotopic (exact) mass is 898 g/mol. The van der Waals surface area contributed by atoms with E-state index in [9.17, 15) is 19.0 Å². The van der Waals surface area contributed by atoms with Crippen LogP contribution in [-0.4, -0.2) is 49.3 Å². The Hall–Kier alpha value is -3.33. The van der Waals surface area contributed by atoms with E-state index in [0.717, 1.165) is 122 Å². The summed E-state index contributed by atoms with van der Waals surface area (Å²) < 4.78 is 32.9. The first-order chi connectivity index (χ1) is 30.8. The summed E-state index contributed by atoms with van der Waals surface area (Å²) >= 11 is 0. The zero-order chi connectivity index (χ0) is 46.0. The number of allylic oxidation sites excluding steroid dienone is 18. The number of rotatable bonds is 44. The molecule has 0 fully saturated rings. The molecule has 2 unspecified atom stereocenters. The maximum Gasteiger partial charge on any atom is 0.472 e. The van der Waals surface area contributed by atoms with Gasteiger partial charge in [-0.15, -0.1) is 0 Å². The van der Waals surface area contributed by atoms with Gasteiger partial charge in [0.05, 0.1) is 13.2 Å². The third-order valence-electron chi connectivity index (χ3n) is 9.65. The van der Waals surface area contributed by atoms with Crippen molar-refractivity contribution in [2.45, 2.75) is 187 Å². The molecule has 0 aliphatic heterocycles. The van der Waals surface area contributed by atoms with Gasteiger partial charge in [-0.1, -0.05) is 181 Å². The molecular formula is C53H88NO8P. The molecule has 2 atom stereocenters. The number of carbonyl (C=O) groups excluding carboxylic acids is 2. The second-order valence-electron chi connectivity index (χ2n) is 15.6. The lowest BCUT2D eigenvalue weighted by molar-refractivity contribution is -0.161. The summed E-state index contributed by atoms with van der Waals surface area (Å²) in [7, 11) is -4.40. The van der Waals surface area contributed by atoms with E-state index in [1.807, 2.05) is 0 Å². The van der Waals surface area contributed by atoms with Gasteiger partial charge in [-0.3, -0.25) is 18.6 Å². The molecule has 0 aliphatic rings. The SMILES string of the molecule is CC/C=C\C/C=C\C/C=C\C/C=C\C/C=C\CCCCCCCCCC(=O)OC(COC(=O)CCCCCCCC/C=C\C/C=C\C/C=C\C/C=C\CC)COP(=O)(O)OCCN. The van der Waals surface area contributed by atoms with Crippen molar-refractivity contribution in [3.63, 3.8) is 0 Å². The molecule has 0 rings (SSSR count). The molecule has 0 spiro atoms. The molecule has 0 bridgehead atoms. The Balaban J connectivity index is 4.16. The van der Waals surface area contributed by atoms with Crippen LogP contribution in [-0.2, 0) is 32.7 Å². The number of unbranched alkanes of at least 4 members (excludes halogenated alkanes) is 13. The van der Waals surface area contributed by atoms with Crippen molar-refractivity contribution >= 4 is 19.8 Å². The average molecular weight is 898 g/mol. The highest BCUT2D eigenvalue weighted by molar-refractivity contribution is 7.47. The largest absolute Gasteiger partial charge is 0.472 e. The Labute approximate surface area is 384 Å². The van der Waals surface area contributed by atoms with E-state index in [1.165, 1.54) is 19.3 Å². The maximum atomic E-state index is 12.6. The highest BCUT2D eigenvalue weighted by Crippen LogP contribution is 2.43. The van der Waals surface area contributed by atoms with Crippen LogP contribution in [0.1, 0.15) is 181 Å². The summed E-state index contributed by atoms with van der Waals surface area (Å²) in [5.74, 6) is -0.867. The van der Waals surface area contributed by atoms with Gasteiger partial charge in [0.25, 0.3) is 0 Å². The van der Waals surface area contributed by atoms with E-state index in [2.05, 4.69) is 123 Å². The Morgan fingerprint density at radius 3 is 1.22 bits per heavy atom. The van der Waals surface area contributed by atoms with E-state index in [4.69, 9.17) is 24.3 Å². The number of esters is 2. The van der Waals surface area contributed by atoms with Gasteiger partial charge in [0.1, 0.15) is 6.61 Å². The molecule has 63 heavy (non-hydrogen) atoms. The van der Waals surface area contributed by atoms with E-state index < -0.39 is 32.5 Å². The first-order valence-electron chi connectivity index (χ1n) is 24.4. The fourth-order valence-corrected chi connectivity index (χ4v) is 6.89. The first-order valence-corrected chi connectivity index (χ1v) is 25.9. The summed E-state index contributed by atoms with van der Waals surface area (Å²) in [4.78, 5) is 35.0. The highest BCUT2D eigenvalue weighted by atomic mass is 31.2. The lowest BCUT2D eigenvalue weighted by Gasteiger charge is -2.19. The summed E-state index contributed by atoms with van der Waals surface area (Å²) in [6.07, 6.45) is 64.0. The van der Waals surface area contributed by atoms with Crippen molar-refractivity contribution in [3.05, 3.63) is 109 Å². The minimum Gasteiger partial charge on any atom is -0.462 e. The van der Waals surface area contributed by atoms with Crippen LogP contribution >= 0.6 is 7.82 Å². The van der Waals surface area contributed by atoms with Gasteiger partial charge in [-0.25, -0.2) is 4.57 Å². The fourth-order valence-electron chi connectivity index (χ4n) is 6.12. The Morgan fingerprint density at radius 2 is 0.825 bits per heavy atom. The Kier molecular flexibility index (Phi) is 45.6. The van der Waals surface area contributed by atoms with Crippen molar-refractivity contribution in [1.29, 1.82) is 0 Å². The average Bonchev–Trinajstić information content (AvgIpc) is 3.27. The molecule has 0 saturated carbocycles. The molecule has 9 nitrogen and oxygen atoms in total.